The molecule has 0 radical (unpaired) electrons. The van der Waals surface area contributed by atoms with Crippen LogP contribution >= 0.6 is 15.9 Å². The summed E-state index contributed by atoms with van der Waals surface area (Å²) >= 11 is 3.49. The maximum absolute atomic E-state index is 5.22. The van der Waals surface area contributed by atoms with Crippen molar-refractivity contribution in [3.05, 3.63) is 40.4 Å². The monoisotopic (exact) mass is 324 g/mol. The summed E-state index contributed by atoms with van der Waals surface area (Å²) in [6, 6.07) is 6.28. The number of nitrogens with one attached hydrogen (secondary N) is 1. The fourth-order valence-electron chi connectivity index (χ4n) is 1.78. The third-order valence-electron chi connectivity index (χ3n) is 2.89. The summed E-state index contributed by atoms with van der Waals surface area (Å²) in [5.74, 6) is 1.63. The largest absolute Gasteiger partial charge is 0.496 e. The highest BCUT2D eigenvalue weighted by atomic mass is 79.9. The Morgan fingerprint density at radius 2 is 2.26 bits per heavy atom. The third kappa shape index (κ3) is 3.54. The van der Waals surface area contributed by atoms with Gasteiger partial charge in [-0.3, -0.25) is 4.68 Å². The summed E-state index contributed by atoms with van der Waals surface area (Å²) in [4.78, 5) is 4.19. The van der Waals surface area contributed by atoms with Crippen molar-refractivity contribution in [2.75, 3.05) is 7.11 Å². The van der Waals surface area contributed by atoms with Gasteiger partial charge in [0.15, 0.2) is 5.82 Å². The Morgan fingerprint density at radius 1 is 1.47 bits per heavy atom. The summed E-state index contributed by atoms with van der Waals surface area (Å²) < 4.78 is 7.88. The molecule has 19 heavy (non-hydrogen) atoms. The van der Waals surface area contributed by atoms with Gasteiger partial charge in [0.05, 0.1) is 18.1 Å². The highest BCUT2D eigenvalue weighted by Crippen LogP contribution is 2.27. The van der Waals surface area contributed by atoms with Crippen LogP contribution in [-0.4, -0.2) is 21.9 Å². The van der Waals surface area contributed by atoms with E-state index < -0.39 is 0 Å². The normalized spacial score (nSPS) is 12.4. The lowest BCUT2D eigenvalue weighted by Gasteiger charge is -2.14. The first-order chi connectivity index (χ1) is 9.10. The molecule has 2 aromatic rings. The number of ether oxygens (including phenoxy) is 1. The minimum Gasteiger partial charge on any atom is -0.496 e. The molecular weight excluding hydrogens is 308 g/mol. The number of rotatable bonds is 5. The lowest BCUT2D eigenvalue weighted by Crippen LogP contribution is -2.19. The van der Waals surface area contributed by atoms with Crippen LogP contribution in [0.3, 0.4) is 0 Å². The zero-order chi connectivity index (χ0) is 13.8. The molecule has 0 saturated carbocycles. The highest BCUT2D eigenvalue weighted by molar-refractivity contribution is 9.10. The van der Waals surface area contributed by atoms with Gasteiger partial charge in [-0.25, -0.2) is 4.98 Å². The minimum absolute atomic E-state index is 0.214. The van der Waals surface area contributed by atoms with Crippen molar-refractivity contribution in [3.63, 3.8) is 0 Å². The molecule has 1 aromatic heterocycles. The Hall–Kier alpha value is -1.40. The molecule has 5 nitrogen and oxygen atoms in total. The lowest BCUT2D eigenvalue weighted by atomic mass is 10.1. The first-order valence-corrected chi connectivity index (χ1v) is 6.81. The van der Waals surface area contributed by atoms with Crippen molar-refractivity contribution in [1.82, 2.24) is 20.1 Å². The van der Waals surface area contributed by atoms with Crippen LogP contribution in [0.4, 0.5) is 0 Å². The Bertz CT molecular complexity index is 555. The summed E-state index contributed by atoms with van der Waals surface area (Å²) in [6.07, 6.45) is 1.70. The number of methoxy groups -OCH3 is 1. The molecule has 0 spiro atoms. The topological polar surface area (TPSA) is 52.0 Å². The van der Waals surface area contributed by atoms with E-state index in [-0.39, 0.29) is 6.04 Å². The summed E-state index contributed by atoms with van der Waals surface area (Å²) in [5.41, 5.74) is 1.18. The van der Waals surface area contributed by atoms with E-state index in [1.165, 1.54) is 5.56 Å². The third-order valence-corrected chi connectivity index (χ3v) is 3.51. The SMILES string of the molecule is COc1ccc(C(C)NCc2ncn(C)n2)cc1Br. The molecule has 1 aromatic carbocycles. The van der Waals surface area contributed by atoms with E-state index in [2.05, 4.69) is 44.3 Å². The number of hydrogen-bond acceptors (Lipinski definition) is 4. The highest BCUT2D eigenvalue weighted by Gasteiger charge is 2.09. The van der Waals surface area contributed by atoms with Crippen molar-refractivity contribution in [3.8, 4) is 5.75 Å². The number of aromatic nitrogens is 3. The molecule has 0 aliphatic rings. The second-order valence-electron chi connectivity index (χ2n) is 4.33. The minimum atomic E-state index is 0.214. The molecule has 0 aliphatic carbocycles. The smallest absolute Gasteiger partial charge is 0.164 e. The zero-order valence-corrected chi connectivity index (χ0v) is 12.8. The van der Waals surface area contributed by atoms with Crippen LogP contribution in [0.5, 0.6) is 5.75 Å². The van der Waals surface area contributed by atoms with E-state index in [0.717, 1.165) is 16.0 Å². The predicted octanol–water partition coefficient (Wildman–Crippen LogP) is 2.44. The van der Waals surface area contributed by atoms with E-state index in [9.17, 15) is 0 Å². The van der Waals surface area contributed by atoms with Gasteiger partial charge >= 0.3 is 0 Å². The molecule has 0 saturated heterocycles. The quantitative estimate of drug-likeness (QED) is 0.917. The van der Waals surface area contributed by atoms with Crippen LogP contribution in [0.15, 0.2) is 29.0 Å². The van der Waals surface area contributed by atoms with Crippen molar-refractivity contribution in [1.29, 1.82) is 0 Å². The molecule has 1 unspecified atom stereocenters. The number of aryl methyl sites for hydroxylation is 1. The summed E-state index contributed by atoms with van der Waals surface area (Å²) in [6.45, 7) is 2.75. The van der Waals surface area contributed by atoms with Gasteiger partial charge in [0, 0.05) is 13.1 Å². The molecule has 0 fully saturated rings. The second-order valence-corrected chi connectivity index (χ2v) is 5.19. The molecule has 6 heteroatoms. The molecule has 0 amide bonds. The molecule has 2 rings (SSSR count). The molecular formula is C13H17BrN4O. The van der Waals surface area contributed by atoms with Crippen LogP contribution < -0.4 is 10.1 Å². The fraction of sp³-hybridized carbons (Fsp3) is 0.385. The molecule has 1 N–H and O–H groups in total. The van der Waals surface area contributed by atoms with E-state index in [1.807, 2.05) is 19.2 Å². The van der Waals surface area contributed by atoms with Gasteiger partial charge in [-0.1, -0.05) is 6.07 Å². The first-order valence-electron chi connectivity index (χ1n) is 6.01. The molecule has 1 heterocycles. The molecule has 0 aliphatic heterocycles. The van der Waals surface area contributed by atoms with Crippen LogP contribution in [-0.2, 0) is 13.6 Å². The summed E-state index contributed by atoms with van der Waals surface area (Å²) in [5, 5.41) is 7.63. The predicted molar refractivity (Wildman–Crippen MR) is 77.0 cm³/mol. The van der Waals surface area contributed by atoms with Crippen molar-refractivity contribution >= 4 is 15.9 Å². The average Bonchev–Trinajstić information content (AvgIpc) is 2.81. The Labute approximate surface area is 121 Å². The summed E-state index contributed by atoms with van der Waals surface area (Å²) in [7, 11) is 3.52. The van der Waals surface area contributed by atoms with Crippen LogP contribution in [0.2, 0.25) is 0 Å². The Balaban J connectivity index is 1.99. The first kappa shape index (κ1) is 14.0. The molecule has 102 valence electrons. The van der Waals surface area contributed by atoms with E-state index in [0.29, 0.717) is 6.54 Å². The van der Waals surface area contributed by atoms with Crippen LogP contribution in [0.1, 0.15) is 24.4 Å². The number of nitrogens with zero attached hydrogens (tertiary/aromatic N) is 3. The zero-order valence-electron chi connectivity index (χ0n) is 11.2. The van der Waals surface area contributed by atoms with E-state index in [4.69, 9.17) is 4.74 Å². The number of benzene rings is 1. The van der Waals surface area contributed by atoms with Crippen molar-refractivity contribution in [2.45, 2.75) is 19.5 Å². The van der Waals surface area contributed by atoms with Gasteiger partial charge < -0.3 is 10.1 Å². The van der Waals surface area contributed by atoms with Gasteiger partial charge in [-0.15, -0.1) is 0 Å². The standard InChI is InChI=1S/C13H17BrN4O/c1-9(15-7-13-16-8-18(2)17-13)10-4-5-12(19-3)11(14)6-10/h4-6,8-9,15H,7H2,1-3H3. The number of halogens is 1. The Morgan fingerprint density at radius 3 is 2.84 bits per heavy atom. The lowest BCUT2D eigenvalue weighted by molar-refractivity contribution is 0.411. The van der Waals surface area contributed by atoms with Gasteiger partial charge in [-0.05, 0) is 40.5 Å². The van der Waals surface area contributed by atoms with E-state index >= 15 is 0 Å². The van der Waals surface area contributed by atoms with Crippen molar-refractivity contribution < 1.29 is 4.74 Å². The maximum Gasteiger partial charge on any atom is 0.164 e. The molecule has 1 atom stereocenters. The van der Waals surface area contributed by atoms with E-state index in [1.54, 1.807) is 18.1 Å². The van der Waals surface area contributed by atoms with Gasteiger partial charge in [0.25, 0.3) is 0 Å². The Kier molecular flexibility index (Phi) is 4.55. The van der Waals surface area contributed by atoms with Crippen LogP contribution in [0.25, 0.3) is 0 Å². The second kappa shape index (κ2) is 6.16. The van der Waals surface area contributed by atoms with Gasteiger partial charge in [0.2, 0.25) is 0 Å². The maximum atomic E-state index is 5.22. The fourth-order valence-corrected chi connectivity index (χ4v) is 2.34. The molecule has 0 bridgehead atoms. The van der Waals surface area contributed by atoms with Crippen LogP contribution in [0, 0.1) is 0 Å². The number of hydrogen-bond donors (Lipinski definition) is 1. The average molecular weight is 325 g/mol. The van der Waals surface area contributed by atoms with Crippen molar-refractivity contribution in [2.24, 2.45) is 7.05 Å². The van der Waals surface area contributed by atoms with Gasteiger partial charge in [0.1, 0.15) is 12.1 Å². The van der Waals surface area contributed by atoms with Gasteiger partial charge in [-0.2, -0.15) is 5.10 Å².